The van der Waals surface area contributed by atoms with E-state index in [1.807, 2.05) is 0 Å². The van der Waals surface area contributed by atoms with E-state index in [4.69, 9.17) is 11.6 Å². The van der Waals surface area contributed by atoms with Crippen LogP contribution in [0.5, 0.6) is 0 Å². The minimum absolute atomic E-state index is 0.284. The highest BCUT2D eigenvalue weighted by Gasteiger charge is 2.00. The number of halogens is 1. The molecule has 0 spiro atoms. The van der Waals surface area contributed by atoms with Gasteiger partial charge in [-0.3, -0.25) is 0 Å². The molecule has 0 fully saturated rings. The van der Waals surface area contributed by atoms with Gasteiger partial charge in [0.1, 0.15) is 0 Å². The van der Waals surface area contributed by atoms with Gasteiger partial charge in [-0.15, -0.1) is 11.6 Å². The summed E-state index contributed by atoms with van der Waals surface area (Å²) < 4.78 is 0. The van der Waals surface area contributed by atoms with Crippen molar-refractivity contribution < 1.29 is 5.11 Å². The molecular formula is C19H39ClO. The summed E-state index contributed by atoms with van der Waals surface area (Å²) in [7, 11) is 0. The summed E-state index contributed by atoms with van der Waals surface area (Å²) in [6.07, 6.45) is 21.4. The quantitative estimate of drug-likeness (QED) is 0.230. The lowest BCUT2D eigenvalue weighted by atomic mass is 10.0. The van der Waals surface area contributed by atoms with Gasteiger partial charge in [-0.25, -0.2) is 0 Å². The molecule has 128 valence electrons. The number of unbranched alkanes of at least 4 members (excludes halogenated alkanes) is 14. The lowest BCUT2D eigenvalue weighted by Gasteiger charge is -2.06. The summed E-state index contributed by atoms with van der Waals surface area (Å²) in [5, 5.41) is 9.33. The first-order chi connectivity index (χ1) is 10.3. The van der Waals surface area contributed by atoms with Crippen molar-refractivity contribution in [3.8, 4) is 0 Å². The van der Waals surface area contributed by atoms with Crippen LogP contribution in [0.15, 0.2) is 0 Å². The summed E-state index contributed by atoms with van der Waals surface area (Å²) >= 11 is 5.57. The van der Waals surface area contributed by atoms with E-state index in [1.54, 1.807) is 0 Å². The smallest absolute Gasteiger partial charge is 0.0675 e. The Hall–Kier alpha value is 0.250. The van der Waals surface area contributed by atoms with E-state index in [9.17, 15) is 5.11 Å². The summed E-state index contributed by atoms with van der Waals surface area (Å²) in [5.74, 6) is 0.388. The molecule has 1 atom stereocenters. The number of aliphatic hydroxyl groups is 1. The van der Waals surface area contributed by atoms with E-state index in [0.29, 0.717) is 5.88 Å². The molecule has 0 bridgehead atoms. The molecule has 0 aliphatic heterocycles. The number of rotatable bonds is 17. The lowest BCUT2D eigenvalue weighted by Crippen LogP contribution is -2.07. The summed E-state index contributed by atoms with van der Waals surface area (Å²) in [4.78, 5) is 0. The van der Waals surface area contributed by atoms with Crippen LogP contribution in [-0.4, -0.2) is 17.1 Å². The number of hydrogen-bond acceptors (Lipinski definition) is 1. The maximum Gasteiger partial charge on any atom is 0.0675 e. The van der Waals surface area contributed by atoms with Crippen LogP contribution in [0.1, 0.15) is 110 Å². The fourth-order valence-electron chi connectivity index (χ4n) is 2.83. The Kier molecular flexibility index (Phi) is 18.5. The predicted molar refractivity (Wildman–Crippen MR) is 96.3 cm³/mol. The van der Waals surface area contributed by atoms with Crippen LogP contribution >= 0.6 is 11.6 Å². The minimum atomic E-state index is -0.284. The molecule has 1 unspecified atom stereocenters. The normalized spacial score (nSPS) is 12.7. The highest BCUT2D eigenvalue weighted by atomic mass is 35.5. The molecule has 0 saturated heterocycles. The second-order valence-corrected chi connectivity index (χ2v) is 6.86. The number of alkyl halides is 1. The largest absolute Gasteiger partial charge is 0.392 e. The van der Waals surface area contributed by atoms with Gasteiger partial charge in [0.05, 0.1) is 6.10 Å². The van der Waals surface area contributed by atoms with Crippen molar-refractivity contribution in [3.05, 3.63) is 0 Å². The van der Waals surface area contributed by atoms with Crippen molar-refractivity contribution in [2.45, 2.75) is 116 Å². The van der Waals surface area contributed by atoms with Crippen molar-refractivity contribution >= 4 is 11.6 Å². The molecule has 0 saturated carbocycles. The van der Waals surface area contributed by atoms with Gasteiger partial charge in [0.2, 0.25) is 0 Å². The number of hydrogen-bond donors (Lipinski definition) is 1. The first-order valence-corrected chi connectivity index (χ1v) is 10.1. The van der Waals surface area contributed by atoms with Crippen molar-refractivity contribution in [2.75, 3.05) is 5.88 Å². The SMILES string of the molecule is CCCCCCCCCCCCCCCCCC(O)CCl. The molecule has 0 heterocycles. The van der Waals surface area contributed by atoms with E-state index in [0.717, 1.165) is 12.8 Å². The fourth-order valence-corrected chi connectivity index (χ4v) is 2.98. The van der Waals surface area contributed by atoms with Crippen LogP contribution in [0.4, 0.5) is 0 Å². The molecule has 0 radical (unpaired) electrons. The maximum atomic E-state index is 9.33. The highest BCUT2D eigenvalue weighted by Crippen LogP contribution is 2.14. The Morgan fingerprint density at radius 3 is 1.29 bits per heavy atom. The van der Waals surface area contributed by atoms with Crippen LogP contribution in [0.25, 0.3) is 0 Å². The Morgan fingerprint density at radius 2 is 0.952 bits per heavy atom. The molecule has 2 heteroatoms. The minimum Gasteiger partial charge on any atom is -0.392 e. The van der Waals surface area contributed by atoms with Crippen LogP contribution in [0, 0.1) is 0 Å². The van der Waals surface area contributed by atoms with Crippen molar-refractivity contribution in [1.82, 2.24) is 0 Å². The monoisotopic (exact) mass is 318 g/mol. The van der Waals surface area contributed by atoms with Gasteiger partial charge < -0.3 is 5.11 Å². The number of aliphatic hydroxyl groups excluding tert-OH is 1. The summed E-state index contributed by atoms with van der Waals surface area (Å²) in [6.45, 7) is 2.28. The van der Waals surface area contributed by atoms with Gasteiger partial charge in [0.15, 0.2) is 0 Å². The Morgan fingerprint density at radius 1 is 0.619 bits per heavy atom. The molecule has 0 aliphatic carbocycles. The van der Waals surface area contributed by atoms with Gasteiger partial charge >= 0.3 is 0 Å². The molecule has 0 aliphatic rings. The zero-order chi connectivity index (χ0) is 15.6. The zero-order valence-corrected chi connectivity index (χ0v) is 15.2. The third kappa shape index (κ3) is 18.2. The lowest BCUT2D eigenvalue weighted by molar-refractivity contribution is 0.183. The molecule has 0 aromatic carbocycles. The first-order valence-electron chi connectivity index (χ1n) is 9.55. The molecule has 0 aromatic heterocycles. The van der Waals surface area contributed by atoms with Crippen LogP contribution < -0.4 is 0 Å². The molecule has 0 rings (SSSR count). The molecule has 1 nitrogen and oxygen atoms in total. The van der Waals surface area contributed by atoms with E-state index in [2.05, 4.69) is 6.92 Å². The second-order valence-electron chi connectivity index (χ2n) is 6.55. The Labute approximate surface area is 138 Å². The first kappa shape index (κ1) is 21.2. The van der Waals surface area contributed by atoms with Gasteiger partial charge in [-0.2, -0.15) is 0 Å². The zero-order valence-electron chi connectivity index (χ0n) is 14.4. The van der Waals surface area contributed by atoms with Gasteiger partial charge in [0, 0.05) is 5.88 Å². The second kappa shape index (κ2) is 18.3. The van der Waals surface area contributed by atoms with Crippen molar-refractivity contribution in [1.29, 1.82) is 0 Å². The van der Waals surface area contributed by atoms with E-state index >= 15 is 0 Å². The molecular weight excluding hydrogens is 280 g/mol. The van der Waals surface area contributed by atoms with Gasteiger partial charge in [0.25, 0.3) is 0 Å². The van der Waals surface area contributed by atoms with Crippen molar-refractivity contribution in [3.63, 3.8) is 0 Å². The predicted octanol–water partition coefficient (Wildman–Crippen LogP) is 6.85. The third-order valence-corrected chi connectivity index (χ3v) is 4.68. The maximum absolute atomic E-state index is 9.33. The summed E-state index contributed by atoms with van der Waals surface area (Å²) in [6, 6.07) is 0. The Balaban J connectivity index is 2.96. The molecule has 0 amide bonds. The summed E-state index contributed by atoms with van der Waals surface area (Å²) in [5.41, 5.74) is 0. The van der Waals surface area contributed by atoms with Crippen LogP contribution in [-0.2, 0) is 0 Å². The highest BCUT2D eigenvalue weighted by molar-refractivity contribution is 6.18. The van der Waals surface area contributed by atoms with E-state index < -0.39 is 0 Å². The van der Waals surface area contributed by atoms with E-state index in [1.165, 1.54) is 89.9 Å². The van der Waals surface area contributed by atoms with Gasteiger partial charge in [-0.05, 0) is 6.42 Å². The molecule has 1 N–H and O–H groups in total. The van der Waals surface area contributed by atoms with E-state index in [-0.39, 0.29) is 6.10 Å². The third-order valence-electron chi connectivity index (χ3n) is 4.32. The topological polar surface area (TPSA) is 20.2 Å². The van der Waals surface area contributed by atoms with Crippen molar-refractivity contribution in [2.24, 2.45) is 0 Å². The molecule has 0 aromatic rings. The van der Waals surface area contributed by atoms with Gasteiger partial charge in [-0.1, -0.05) is 103 Å². The average molecular weight is 319 g/mol. The van der Waals surface area contributed by atoms with Crippen LogP contribution in [0.2, 0.25) is 0 Å². The standard InChI is InChI=1S/C19H39ClO/c1-2-3-4-5-6-7-8-9-10-11-12-13-14-15-16-17-19(21)18-20/h19,21H,2-18H2,1H3. The molecule has 21 heavy (non-hydrogen) atoms. The van der Waals surface area contributed by atoms with Crippen LogP contribution in [0.3, 0.4) is 0 Å². The Bertz CT molecular complexity index is 184. The fraction of sp³-hybridized carbons (Fsp3) is 1.00. The average Bonchev–Trinajstić information content (AvgIpc) is 2.50.